The second kappa shape index (κ2) is 6.28. The minimum atomic E-state index is -0.594. The fourth-order valence-electron chi connectivity index (χ4n) is 0.414. The number of nitrogens with one attached hydrogen (secondary N) is 1. The van der Waals surface area contributed by atoms with E-state index in [0.717, 1.165) is 6.07 Å². The van der Waals surface area contributed by atoms with Crippen molar-refractivity contribution >= 4 is 67.2 Å². The van der Waals surface area contributed by atoms with Crippen LogP contribution in [-0.4, -0.2) is 64.6 Å². The van der Waals surface area contributed by atoms with Crippen molar-refractivity contribution in [3.63, 3.8) is 0 Å². The van der Waals surface area contributed by atoms with Crippen LogP contribution in [0.25, 0.3) is 0 Å². The summed E-state index contributed by atoms with van der Waals surface area (Å²) < 4.78 is 0. The first-order chi connectivity index (χ1) is 4.18. The van der Waals surface area contributed by atoms with Gasteiger partial charge in [0.1, 0.15) is 0 Å². The van der Waals surface area contributed by atoms with Gasteiger partial charge in [0.25, 0.3) is 0 Å². The maximum absolute atomic E-state index is 10.3. The van der Waals surface area contributed by atoms with E-state index in [9.17, 15) is 9.90 Å². The van der Waals surface area contributed by atoms with Crippen molar-refractivity contribution < 1.29 is 5.11 Å². The van der Waals surface area contributed by atoms with E-state index in [0.29, 0.717) is 0 Å². The van der Waals surface area contributed by atoms with Crippen molar-refractivity contribution in [3.05, 3.63) is 16.4 Å². The Kier molecular flexibility index (Phi) is 8.15. The molecule has 4 nitrogen and oxygen atoms in total. The quantitative estimate of drug-likeness (QED) is 0.230. The summed E-state index contributed by atoms with van der Waals surface area (Å²) in [7, 11) is 0. The van der Waals surface area contributed by atoms with E-state index >= 15 is 0 Å². The summed E-state index contributed by atoms with van der Waals surface area (Å²) in [6.07, 6.45) is 0. The van der Waals surface area contributed by atoms with Gasteiger partial charge in [0.15, 0.2) is 0 Å². The van der Waals surface area contributed by atoms with Crippen LogP contribution in [0.3, 0.4) is 0 Å². The van der Waals surface area contributed by atoms with Crippen LogP contribution in [0.15, 0.2) is 16.0 Å². The van der Waals surface area contributed by atoms with Gasteiger partial charge in [0.2, 0.25) is 5.56 Å². The first-order valence-corrected chi connectivity index (χ1v) is 2.55. The van der Waals surface area contributed by atoms with Crippen LogP contribution in [0.5, 0.6) is 5.88 Å². The molecule has 1 aromatic rings. The van der Waals surface area contributed by atoms with Gasteiger partial charge in [0, 0.05) is 6.07 Å². The Labute approximate surface area is 109 Å². The summed E-state index contributed by atoms with van der Waals surface area (Å²) in [4.78, 5) is 15.7. The largest absolute Gasteiger partial charge is 1.00 e. The molecule has 7 heteroatoms. The third kappa shape index (κ3) is 5.06. The molecule has 52 valence electrons. The fourth-order valence-corrected chi connectivity index (χ4v) is 0.604. The second-order valence-corrected chi connectivity index (χ2v) is 1.78. The van der Waals surface area contributed by atoms with Gasteiger partial charge in [-0.15, -0.1) is 0 Å². The Balaban J connectivity index is 0. The topological polar surface area (TPSA) is 68.8 Å². The van der Waals surface area contributed by atoms with Gasteiger partial charge in [-0.25, -0.2) is 0 Å². The summed E-state index contributed by atoms with van der Waals surface area (Å²) in [5.41, 5.74) is -0.500. The zero-order valence-corrected chi connectivity index (χ0v) is 15.2. The molecule has 11 heavy (non-hydrogen) atoms. The third-order valence-electron chi connectivity index (χ3n) is 0.696. The number of hydrogen-bond acceptors (Lipinski definition) is 4. The van der Waals surface area contributed by atoms with Gasteiger partial charge in [0.05, 0.1) is 0 Å². The molecule has 0 unspecified atom stereocenters. The molecule has 0 saturated heterocycles. The summed E-state index contributed by atoms with van der Waals surface area (Å²) in [6, 6.07) is 0.843. The van der Waals surface area contributed by atoms with Crippen molar-refractivity contribution in [1.29, 1.82) is 0 Å². The molecule has 1 rings (SSSR count). The van der Waals surface area contributed by atoms with Crippen molar-refractivity contribution in [2.45, 2.75) is 5.16 Å². The normalized spacial score (nSPS) is 7.64. The first kappa shape index (κ1) is 14.3. The van der Waals surface area contributed by atoms with Gasteiger partial charge in [-0.2, -0.15) is 0 Å². The Bertz CT molecular complexity index is 254. The second-order valence-electron chi connectivity index (χ2n) is 1.39. The molecule has 0 fully saturated rings. The molecule has 0 amide bonds. The van der Waals surface area contributed by atoms with Gasteiger partial charge in [-0.05, 0) is 11.0 Å². The molecule has 0 spiro atoms. The van der Waals surface area contributed by atoms with Crippen molar-refractivity contribution in [1.82, 2.24) is 9.97 Å². The van der Waals surface area contributed by atoms with Gasteiger partial charge >= 0.3 is 54.6 Å². The molecule has 0 aromatic carbocycles. The fraction of sp³-hybridized carbons (Fsp3) is 0. The molecule has 0 radical (unpaired) electrons. The van der Waals surface area contributed by atoms with Gasteiger partial charge in [-0.1, -0.05) is 0 Å². The molecular formula is C4H2N2O2STl2. The molecule has 0 aliphatic carbocycles. The van der Waals surface area contributed by atoms with E-state index in [2.05, 4.69) is 22.6 Å². The molecule has 0 bridgehead atoms. The summed E-state index contributed by atoms with van der Waals surface area (Å²) >= 11 is 4.42. The Hall–Kier alpha value is 0.744. The van der Waals surface area contributed by atoms with E-state index in [-0.39, 0.29) is 59.8 Å². The maximum Gasteiger partial charge on any atom is 1.00 e. The Morgan fingerprint density at radius 1 is 1.55 bits per heavy atom. The van der Waals surface area contributed by atoms with E-state index in [1.54, 1.807) is 0 Å². The van der Waals surface area contributed by atoms with Crippen LogP contribution in [0, 0.1) is 0 Å². The Morgan fingerprint density at radius 2 is 2.09 bits per heavy atom. The minimum absolute atomic E-state index is 0. The van der Waals surface area contributed by atoms with Crippen LogP contribution in [0.4, 0.5) is 0 Å². The number of aromatic nitrogens is 2. The van der Waals surface area contributed by atoms with Crippen LogP contribution < -0.4 is 10.7 Å². The minimum Gasteiger partial charge on any atom is -0.858 e. The van der Waals surface area contributed by atoms with E-state index in [1.165, 1.54) is 0 Å². The molecule has 0 aliphatic heterocycles. The third-order valence-corrected chi connectivity index (χ3v) is 0.890. The molecule has 1 heterocycles. The SMILES string of the molecule is O=c1cc([O-])nc([S-])[nH]1.[Tl+].[Tl+]. The van der Waals surface area contributed by atoms with E-state index < -0.39 is 11.4 Å². The van der Waals surface area contributed by atoms with E-state index in [1.807, 2.05) is 0 Å². The maximum atomic E-state index is 10.3. The zero-order valence-electron chi connectivity index (χ0n) is 5.40. The first-order valence-electron chi connectivity index (χ1n) is 2.14. The number of rotatable bonds is 0. The predicted octanol–water partition coefficient (Wildman–Crippen LogP) is -2.01. The standard InChI is InChI=1S/C4H4N2O2S.2Tl/c7-2-1-3(8)6-4(9)5-2;;/h1H,(H3,5,6,7,8,9);;/q;2*+1/p-2. The molecule has 1 N–H and O–H groups in total. The average molecular weight is 551 g/mol. The van der Waals surface area contributed by atoms with Crippen LogP contribution >= 0.6 is 0 Å². The number of nitrogens with zero attached hydrogens (tertiary/aromatic N) is 1. The smallest absolute Gasteiger partial charge is 0.858 e. The summed E-state index contributed by atoms with van der Waals surface area (Å²) in [6.45, 7) is 0. The average Bonchev–Trinajstić information content (AvgIpc) is 1.59. The van der Waals surface area contributed by atoms with E-state index in [4.69, 9.17) is 0 Å². The van der Waals surface area contributed by atoms with Crippen molar-refractivity contribution in [3.8, 4) is 5.88 Å². The zero-order chi connectivity index (χ0) is 6.85. The van der Waals surface area contributed by atoms with Gasteiger partial charge < -0.3 is 22.7 Å². The molecule has 0 atom stereocenters. The molecule has 0 aliphatic rings. The predicted molar refractivity (Wildman–Crippen MR) is 41.4 cm³/mol. The van der Waals surface area contributed by atoms with Crippen molar-refractivity contribution in [2.24, 2.45) is 0 Å². The number of H-pyrrole nitrogens is 1. The van der Waals surface area contributed by atoms with Crippen LogP contribution in [-0.2, 0) is 12.6 Å². The molecule has 1 aromatic heterocycles. The van der Waals surface area contributed by atoms with Crippen LogP contribution in [0.2, 0.25) is 0 Å². The Morgan fingerprint density at radius 3 is 2.45 bits per heavy atom. The van der Waals surface area contributed by atoms with Crippen molar-refractivity contribution in [2.75, 3.05) is 0 Å². The number of hydrogen-bond donors (Lipinski definition) is 1. The number of aromatic amines is 1. The monoisotopic (exact) mass is 552 g/mol. The molecular weight excluding hydrogens is 549 g/mol. The summed E-state index contributed by atoms with van der Waals surface area (Å²) in [5.74, 6) is -0.594. The van der Waals surface area contributed by atoms with Crippen LogP contribution in [0.1, 0.15) is 0 Å². The summed E-state index contributed by atoms with van der Waals surface area (Å²) in [5, 5.41) is 10.3. The molecule has 0 saturated carbocycles. The van der Waals surface area contributed by atoms with Gasteiger partial charge in [-0.3, -0.25) is 9.78 Å².